The maximum atomic E-state index is 10.5. The van der Waals surface area contributed by atoms with Gasteiger partial charge in [-0.05, 0) is 48.7 Å². The van der Waals surface area contributed by atoms with Crippen LogP contribution in [0.3, 0.4) is 0 Å². The highest BCUT2D eigenvalue weighted by Gasteiger charge is 2.32. The predicted molar refractivity (Wildman–Crippen MR) is 113 cm³/mol. The summed E-state index contributed by atoms with van der Waals surface area (Å²) in [7, 11) is 0. The summed E-state index contributed by atoms with van der Waals surface area (Å²) in [5.74, 6) is 0.849. The normalized spacial score (nSPS) is 16.5. The molecule has 7 heteroatoms. The molecule has 0 saturated carbocycles. The summed E-state index contributed by atoms with van der Waals surface area (Å²) in [5, 5.41) is 13.8. The Morgan fingerprint density at radius 3 is 2.61 bits per heavy atom. The molecule has 1 aliphatic rings. The van der Waals surface area contributed by atoms with Crippen molar-refractivity contribution in [2.45, 2.75) is 31.6 Å². The molecule has 2 N–H and O–H groups in total. The van der Waals surface area contributed by atoms with Crippen molar-refractivity contribution in [3.8, 4) is 5.75 Å². The second kappa shape index (κ2) is 9.74. The molecular weight excluding hydrogens is 444 g/mol. The number of amides is 1. The van der Waals surface area contributed by atoms with Crippen LogP contribution in [0.25, 0.3) is 0 Å². The molecule has 0 radical (unpaired) electrons. The molecule has 5 nitrogen and oxygen atoms in total. The Labute approximate surface area is 178 Å². The van der Waals surface area contributed by atoms with Crippen LogP contribution in [0.4, 0.5) is 0 Å². The first kappa shape index (κ1) is 21.1. The second-order valence-electron chi connectivity index (χ2n) is 7.17. The number of hydrogen-bond acceptors (Lipinski definition) is 4. The Morgan fingerprint density at radius 2 is 1.93 bits per heavy atom. The molecule has 0 unspecified atom stereocenters. The van der Waals surface area contributed by atoms with Gasteiger partial charge >= 0.3 is 0 Å². The van der Waals surface area contributed by atoms with Crippen molar-refractivity contribution in [1.29, 1.82) is 0 Å². The lowest BCUT2D eigenvalue weighted by Gasteiger charge is -2.38. The number of carbonyl (C=O) groups is 1. The number of piperidine rings is 1. The molecule has 28 heavy (non-hydrogen) atoms. The first-order valence-corrected chi connectivity index (χ1v) is 10.4. The third-order valence-electron chi connectivity index (χ3n) is 5.03. The molecule has 1 aliphatic heterocycles. The van der Waals surface area contributed by atoms with Gasteiger partial charge in [-0.15, -0.1) is 0 Å². The lowest BCUT2D eigenvalue weighted by atomic mass is 9.91. The third-order valence-corrected chi connectivity index (χ3v) is 5.77. The molecule has 0 aliphatic carbocycles. The number of ether oxygens (including phenoxy) is 1. The minimum Gasteiger partial charge on any atom is -0.489 e. The number of nitrogens with one attached hydrogen (secondary N) is 1. The van der Waals surface area contributed by atoms with Gasteiger partial charge in [0, 0.05) is 41.2 Å². The number of rotatable bonds is 8. The summed E-state index contributed by atoms with van der Waals surface area (Å²) in [6, 6.07) is 13.7. The van der Waals surface area contributed by atoms with Crippen LogP contribution in [0.15, 0.2) is 46.9 Å². The van der Waals surface area contributed by atoms with Crippen molar-refractivity contribution in [2.24, 2.45) is 0 Å². The van der Waals surface area contributed by atoms with Gasteiger partial charge in [0.2, 0.25) is 6.41 Å². The van der Waals surface area contributed by atoms with Crippen molar-refractivity contribution in [1.82, 2.24) is 10.2 Å². The van der Waals surface area contributed by atoms with Crippen LogP contribution in [0.5, 0.6) is 5.75 Å². The van der Waals surface area contributed by atoms with E-state index >= 15 is 0 Å². The van der Waals surface area contributed by atoms with Gasteiger partial charge in [0.15, 0.2) is 0 Å². The topological polar surface area (TPSA) is 61.8 Å². The Kier molecular flexibility index (Phi) is 7.35. The molecule has 0 aromatic heterocycles. The molecule has 1 heterocycles. The molecule has 2 aromatic carbocycles. The smallest absolute Gasteiger partial charge is 0.207 e. The van der Waals surface area contributed by atoms with E-state index in [1.807, 2.05) is 36.4 Å². The SMILES string of the molecule is O=CNCC1(O)CCN(Cc2cc(Br)ccc2OCc2ccc(Cl)cc2)CC1. The lowest BCUT2D eigenvalue weighted by Crippen LogP contribution is -2.49. The van der Waals surface area contributed by atoms with Crippen LogP contribution in [0.2, 0.25) is 5.02 Å². The van der Waals surface area contributed by atoms with Crippen LogP contribution in [0.1, 0.15) is 24.0 Å². The van der Waals surface area contributed by atoms with Crippen LogP contribution in [-0.4, -0.2) is 41.7 Å². The zero-order valence-electron chi connectivity index (χ0n) is 15.5. The predicted octanol–water partition coefficient (Wildman–Crippen LogP) is 3.75. The summed E-state index contributed by atoms with van der Waals surface area (Å²) in [6.45, 7) is 3.05. The van der Waals surface area contributed by atoms with E-state index in [0.717, 1.165) is 41.0 Å². The fourth-order valence-electron chi connectivity index (χ4n) is 3.33. The molecule has 0 bridgehead atoms. The summed E-state index contributed by atoms with van der Waals surface area (Å²) in [6.07, 6.45) is 1.89. The van der Waals surface area contributed by atoms with E-state index in [2.05, 4.69) is 32.2 Å². The van der Waals surface area contributed by atoms with Gasteiger partial charge in [-0.25, -0.2) is 0 Å². The fourth-order valence-corrected chi connectivity index (χ4v) is 3.87. The van der Waals surface area contributed by atoms with Gasteiger partial charge in [-0.1, -0.05) is 39.7 Å². The highest BCUT2D eigenvalue weighted by atomic mass is 79.9. The fraction of sp³-hybridized carbons (Fsp3) is 0.381. The van der Waals surface area contributed by atoms with Gasteiger partial charge in [-0.3, -0.25) is 9.69 Å². The standard InChI is InChI=1S/C21H24BrClN2O3/c22-18-3-6-20(28-13-16-1-4-19(23)5-2-16)17(11-18)12-25-9-7-21(27,8-10-25)14-24-15-26/h1-6,11,15,27H,7-10,12-14H2,(H,24,26). The lowest BCUT2D eigenvalue weighted by molar-refractivity contribution is -0.111. The minimum atomic E-state index is -0.817. The van der Waals surface area contributed by atoms with Crippen LogP contribution in [-0.2, 0) is 17.9 Å². The minimum absolute atomic E-state index is 0.302. The number of carbonyl (C=O) groups excluding carboxylic acids is 1. The van der Waals surface area contributed by atoms with E-state index in [1.54, 1.807) is 0 Å². The molecule has 3 rings (SSSR count). The second-order valence-corrected chi connectivity index (χ2v) is 8.52. The Hall–Kier alpha value is -1.60. The first-order chi connectivity index (χ1) is 13.5. The largest absolute Gasteiger partial charge is 0.489 e. The molecular formula is C21H24BrClN2O3. The average molecular weight is 468 g/mol. The molecule has 1 saturated heterocycles. The van der Waals surface area contributed by atoms with E-state index in [-0.39, 0.29) is 0 Å². The zero-order valence-corrected chi connectivity index (χ0v) is 17.9. The number of halogens is 2. The molecule has 2 aromatic rings. The molecule has 0 spiro atoms. The number of benzene rings is 2. The molecule has 1 fully saturated rings. The van der Waals surface area contributed by atoms with Crippen molar-refractivity contribution in [3.05, 3.63) is 63.1 Å². The Morgan fingerprint density at radius 1 is 1.21 bits per heavy atom. The molecule has 1 amide bonds. The van der Waals surface area contributed by atoms with Crippen LogP contribution < -0.4 is 10.1 Å². The van der Waals surface area contributed by atoms with Crippen molar-refractivity contribution < 1.29 is 14.6 Å². The summed E-state index contributed by atoms with van der Waals surface area (Å²) in [4.78, 5) is 12.8. The van der Waals surface area contributed by atoms with E-state index in [1.165, 1.54) is 0 Å². The quantitative estimate of drug-likeness (QED) is 0.581. The maximum Gasteiger partial charge on any atom is 0.207 e. The number of likely N-dealkylation sites (tertiary alicyclic amines) is 1. The van der Waals surface area contributed by atoms with E-state index < -0.39 is 5.60 Å². The van der Waals surface area contributed by atoms with Crippen LogP contribution >= 0.6 is 27.5 Å². The van der Waals surface area contributed by atoms with E-state index in [0.29, 0.717) is 37.4 Å². The summed E-state index contributed by atoms with van der Waals surface area (Å²) in [5.41, 5.74) is 1.34. The maximum absolute atomic E-state index is 10.5. The third kappa shape index (κ3) is 5.95. The Bertz CT molecular complexity index is 793. The monoisotopic (exact) mass is 466 g/mol. The highest BCUT2D eigenvalue weighted by molar-refractivity contribution is 9.10. The van der Waals surface area contributed by atoms with Gasteiger partial charge in [0.1, 0.15) is 12.4 Å². The van der Waals surface area contributed by atoms with Crippen molar-refractivity contribution in [3.63, 3.8) is 0 Å². The number of aliphatic hydroxyl groups is 1. The van der Waals surface area contributed by atoms with Gasteiger partial charge in [-0.2, -0.15) is 0 Å². The molecule has 150 valence electrons. The Balaban J connectivity index is 1.61. The number of hydrogen-bond donors (Lipinski definition) is 2. The van der Waals surface area contributed by atoms with Gasteiger partial charge in [0.05, 0.1) is 5.60 Å². The summed E-state index contributed by atoms with van der Waals surface area (Å²) < 4.78 is 7.07. The van der Waals surface area contributed by atoms with Gasteiger partial charge in [0.25, 0.3) is 0 Å². The highest BCUT2D eigenvalue weighted by Crippen LogP contribution is 2.28. The van der Waals surface area contributed by atoms with Crippen LogP contribution in [0, 0.1) is 0 Å². The zero-order chi connectivity index (χ0) is 20.0. The van der Waals surface area contributed by atoms with E-state index in [9.17, 15) is 9.90 Å². The van der Waals surface area contributed by atoms with Crippen molar-refractivity contribution in [2.75, 3.05) is 19.6 Å². The average Bonchev–Trinajstić information content (AvgIpc) is 2.69. The first-order valence-electron chi connectivity index (χ1n) is 9.25. The molecule has 0 atom stereocenters. The van der Waals surface area contributed by atoms with Gasteiger partial charge < -0.3 is 15.2 Å². The van der Waals surface area contributed by atoms with Crippen molar-refractivity contribution >= 4 is 33.9 Å². The summed E-state index contributed by atoms with van der Waals surface area (Å²) >= 11 is 9.48. The van der Waals surface area contributed by atoms with E-state index in [4.69, 9.17) is 16.3 Å². The number of nitrogens with zero attached hydrogens (tertiary/aromatic N) is 1.